The Labute approximate surface area is 119 Å². The predicted molar refractivity (Wildman–Crippen MR) is 75.5 cm³/mol. The first-order valence-electron chi connectivity index (χ1n) is 5.96. The summed E-state index contributed by atoms with van der Waals surface area (Å²) in [6, 6.07) is 0. The second-order valence-corrected chi connectivity index (χ2v) is 5.00. The Kier molecular flexibility index (Phi) is 3.15. The molecule has 0 saturated carbocycles. The van der Waals surface area contributed by atoms with Crippen LogP contribution in [0.25, 0.3) is 23.1 Å². The number of nitrogens with zero attached hydrogens (tertiary/aromatic N) is 5. The third-order valence-corrected chi connectivity index (χ3v) is 3.67. The third kappa shape index (κ3) is 2.14. The van der Waals surface area contributed by atoms with Gasteiger partial charge in [0.1, 0.15) is 5.00 Å². The maximum atomic E-state index is 5.30. The summed E-state index contributed by atoms with van der Waals surface area (Å²) < 4.78 is 9.58. The lowest BCUT2D eigenvalue weighted by Gasteiger charge is -1.96. The predicted octanol–water partition coefficient (Wildman–Crippen LogP) is 2.31. The van der Waals surface area contributed by atoms with Gasteiger partial charge in [0.05, 0.1) is 11.3 Å². The van der Waals surface area contributed by atoms with Crippen molar-refractivity contribution in [2.24, 2.45) is 0 Å². The normalized spacial score (nSPS) is 10.8. The average molecular weight is 288 g/mol. The van der Waals surface area contributed by atoms with Crippen LogP contribution in [0.5, 0.6) is 0 Å². The summed E-state index contributed by atoms with van der Waals surface area (Å²) >= 11 is 1.36. The SMILES string of the molecule is CNc1snc(C)c1-c1nc(-c2ncc(C)cn2)no1. The molecule has 0 unspecified atom stereocenters. The number of hydrogen-bond donors (Lipinski definition) is 1. The highest BCUT2D eigenvalue weighted by Gasteiger charge is 2.19. The summed E-state index contributed by atoms with van der Waals surface area (Å²) in [7, 11) is 1.83. The fourth-order valence-corrected chi connectivity index (χ4v) is 2.45. The molecule has 3 rings (SSSR count). The van der Waals surface area contributed by atoms with E-state index in [2.05, 4.69) is 29.8 Å². The van der Waals surface area contributed by atoms with Crippen molar-refractivity contribution >= 4 is 16.5 Å². The monoisotopic (exact) mass is 288 g/mol. The van der Waals surface area contributed by atoms with Crippen molar-refractivity contribution in [2.45, 2.75) is 13.8 Å². The van der Waals surface area contributed by atoms with Crippen molar-refractivity contribution in [3.8, 4) is 23.1 Å². The van der Waals surface area contributed by atoms with Gasteiger partial charge in [-0.25, -0.2) is 9.97 Å². The van der Waals surface area contributed by atoms with Gasteiger partial charge in [0.15, 0.2) is 0 Å². The van der Waals surface area contributed by atoms with Crippen LogP contribution in [0.4, 0.5) is 5.00 Å². The minimum absolute atomic E-state index is 0.368. The highest BCUT2D eigenvalue weighted by Crippen LogP contribution is 2.33. The Hall–Kier alpha value is -2.35. The highest BCUT2D eigenvalue weighted by molar-refractivity contribution is 7.10. The molecule has 0 aliphatic heterocycles. The smallest absolute Gasteiger partial charge is 0.263 e. The summed E-state index contributed by atoms with van der Waals surface area (Å²) in [5, 5.41) is 7.89. The van der Waals surface area contributed by atoms with Crippen LogP contribution in [0.2, 0.25) is 0 Å². The molecule has 102 valence electrons. The lowest BCUT2D eigenvalue weighted by atomic mass is 10.2. The van der Waals surface area contributed by atoms with Gasteiger partial charge < -0.3 is 9.84 Å². The van der Waals surface area contributed by atoms with Gasteiger partial charge in [-0.2, -0.15) is 9.36 Å². The van der Waals surface area contributed by atoms with E-state index in [0.717, 1.165) is 21.8 Å². The molecule has 0 spiro atoms. The Morgan fingerprint density at radius 1 is 1.15 bits per heavy atom. The first kappa shape index (κ1) is 12.7. The molecule has 0 radical (unpaired) electrons. The zero-order valence-corrected chi connectivity index (χ0v) is 12.0. The minimum Gasteiger partial charge on any atom is -0.378 e. The van der Waals surface area contributed by atoms with Crippen LogP contribution in [0, 0.1) is 13.8 Å². The van der Waals surface area contributed by atoms with Gasteiger partial charge in [-0.05, 0) is 30.9 Å². The van der Waals surface area contributed by atoms with Crippen LogP contribution >= 0.6 is 11.5 Å². The molecular weight excluding hydrogens is 276 g/mol. The molecule has 0 aliphatic rings. The van der Waals surface area contributed by atoms with Crippen LogP contribution in [0.15, 0.2) is 16.9 Å². The van der Waals surface area contributed by atoms with Crippen molar-refractivity contribution in [2.75, 3.05) is 12.4 Å². The summed E-state index contributed by atoms with van der Waals surface area (Å²) in [5.74, 6) is 1.23. The van der Waals surface area contributed by atoms with Gasteiger partial charge in [-0.15, -0.1) is 0 Å². The number of rotatable bonds is 3. The molecule has 0 saturated heterocycles. The summed E-state index contributed by atoms with van der Waals surface area (Å²) in [6.45, 7) is 3.82. The average Bonchev–Trinajstić information content (AvgIpc) is 3.05. The highest BCUT2D eigenvalue weighted by atomic mass is 32.1. The van der Waals surface area contributed by atoms with Gasteiger partial charge >= 0.3 is 0 Å². The Morgan fingerprint density at radius 3 is 2.60 bits per heavy atom. The van der Waals surface area contributed by atoms with Crippen molar-refractivity contribution in [3.05, 3.63) is 23.7 Å². The Morgan fingerprint density at radius 2 is 1.90 bits per heavy atom. The molecule has 0 atom stereocenters. The van der Waals surface area contributed by atoms with E-state index >= 15 is 0 Å². The summed E-state index contributed by atoms with van der Waals surface area (Å²) in [6.07, 6.45) is 3.43. The maximum Gasteiger partial charge on any atom is 0.263 e. The summed E-state index contributed by atoms with van der Waals surface area (Å²) in [5.41, 5.74) is 2.65. The van der Waals surface area contributed by atoms with E-state index < -0.39 is 0 Å². The molecule has 3 aromatic heterocycles. The van der Waals surface area contributed by atoms with E-state index in [1.54, 1.807) is 12.4 Å². The molecule has 0 aromatic carbocycles. The molecular formula is C12H12N6OS. The maximum absolute atomic E-state index is 5.30. The van der Waals surface area contributed by atoms with Crippen LogP contribution in [-0.2, 0) is 0 Å². The summed E-state index contributed by atoms with van der Waals surface area (Å²) in [4.78, 5) is 12.7. The minimum atomic E-state index is 0.368. The first-order valence-corrected chi connectivity index (χ1v) is 6.73. The molecule has 0 aliphatic carbocycles. The molecule has 7 nitrogen and oxygen atoms in total. The van der Waals surface area contributed by atoms with Crippen LogP contribution < -0.4 is 5.32 Å². The van der Waals surface area contributed by atoms with Crippen LogP contribution in [-0.4, -0.2) is 31.5 Å². The van der Waals surface area contributed by atoms with Crippen molar-refractivity contribution in [1.82, 2.24) is 24.5 Å². The number of hydrogen-bond acceptors (Lipinski definition) is 8. The van der Waals surface area contributed by atoms with Crippen molar-refractivity contribution in [3.63, 3.8) is 0 Å². The van der Waals surface area contributed by atoms with E-state index in [1.807, 2.05) is 20.9 Å². The fraction of sp³-hybridized carbons (Fsp3) is 0.250. The van der Waals surface area contributed by atoms with E-state index in [9.17, 15) is 0 Å². The third-order valence-electron chi connectivity index (χ3n) is 2.71. The molecule has 1 N–H and O–H groups in total. The number of anilines is 1. The molecule has 8 heteroatoms. The van der Waals surface area contributed by atoms with Gasteiger partial charge in [-0.1, -0.05) is 5.16 Å². The fourth-order valence-electron chi connectivity index (χ4n) is 1.72. The van der Waals surface area contributed by atoms with Crippen molar-refractivity contribution < 1.29 is 4.52 Å². The van der Waals surface area contributed by atoms with Crippen molar-refractivity contribution in [1.29, 1.82) is 0 Å². The van der Waals surface area contributed by atoms with Crippen LogP contribution in [0.3, 0.4) is 0 Å². The number of nitrogens with one attached hydrogen (secondary N) is 1. The topological polar surface area (TPSA) is 89.6 Å². The zero-order chi connectivity index (χ0) is 14.1. The lowest BCUT2D eigenvalue weighted by Crippen LogP contribution is -1.91. The zero-order valence-electron chi connectivity index (χ0n) is 11.2. The largest absolute Gasteiger partial charge is 0.378 e. The first-order chi connectivity index (χ1) is 9.69. The molecule has 3 heterocycles. The second kappa shape index (κ2) is 4.97. The number of aromatic nitrogens is 5. The Bertz CT molecular complexity index is 733. The quantitative estimate of drug-likeness (QED) is 0.790. The van der Waals surface area contributed by atoms with E-state index in [1.165, 1.54) is 11.5 Å². The number of aryl methyl sites for hydroxylation is 2. The Balaban J connectivity index is 2.02. The van der Waals surface area contributed by atoms with Gasteiger partial charge in [0.2, 0.25) is 11.6 Å². The molecule has 20 heavy (non-hydrogen) atoms. The van der Waals surface area contributed by atoms with Gasteiger partial charge in [-0.3, -0.25) is 0 Å². The molecule has 0 bridgehead atoms. The van der Waals surface area contributed by atoms with E-state index in [-0.39, 0.29) is 0 Å². The molecule has 0 fully saturated rings. The van der Waals surface area contributed by atoms with Crippen LogP contribution in [0.1, 0.15) is 11.3 Å². The van der Waals surface area contributed by atoms with Gasteiger partial charge in [0, 0.05) is 19.4 Å². The van der Waals surface area contributed by atoms with E-state index in [0.29, 0.717) is 17.5 Å². The molecule has 3 aromatic rings. The van der Waals surface area contributed by atoms with E-state index in [4.69, 9.17) is 4.52 Å². The molecule has 0 amide bonds. The lowest BCUT2D eigenvalue weighted by molar-refractivity contribution is 0.432. The second-order valence-electron chi connectivity index (χ2n) is 4.23. The van der Waals surface area contributed by atoms with Gasteiger partial charge in [0.25, 0.3) is 5.89 Å². The standard InChI is InChI=1S/C12H12N6OS/c1-6-4-14-9(15-5-6)10-16-11(19-17-10)8-7(2)18-20-12(8)13-3/h4-5,13H,1-3H3.